The van der Waals surface area contributed by atoms with E-state index in [1.807, 2.05) is 6.07 Å². The zero-order valence-corrected chi connectivity index (χ0v) is 15.1. The van der Waals surface area contributed by atoms with E-state index in [0.29, 0.717) is 12.0 Å². The van der Waals surface area contributed by atoms with Crippen LogP contribution in [0.4, 0.5) is 5.69 Å². The summed E-state index contributed by atoms with van der Waals surface area (Å²) in [4.78, 5) is 15.7. The molecule has 0 aromatic heterocycles. The number of carbonyl (C=O) groups is 1. The SMILES string of the molecule is O=C(CC[NH+]1CCN(c2ccccc2)CC1)N/N=C/c1ccc(O)c(O)c1. The van der Waals surface area contributed by atoms with E-state index in [1.165, 1.54) is 28.9 Å². The Bertz CT molecular complexity index is 787. The van der Waals surface area contributed by atoms with Gasteiger partial charge in [-0.15, -0.1) is 0 Å². The molecule has 1 aliphatic heterocycles. The summed E-state index contributed by atoms with van der Waals surface area (Å²) in [6.07, 6.45) is 1.85. The number of nitrogens with zero attached hydrogens (tertiary/aromatic N) is 2. The van der Waals surface area contributed by atoms with Crippen molar-refractivity contribution in [3.8, 4) is 11.5 Å². The van der Waals surface area contributed by atoms with Crippen molar-refractivity contribution in [2.24, 2.45) is 5.10 Å². The van der Waals surface area contributed by atoms with Crippen LogP contribution in [-0.2, 0) is 4.79 Å². The molecule has 0 spiro atoms. The fourth-order valence-corrected chi connectivity index (χ4v) is 3.12. The van der Waals surface area contributed by atoms with Gasteiger partial charge in [-0.1, -0.05) is 18.2 Å². The van der Waals surface area contributed by atoms with Crippen LogP contribution in [0.3, 0.4) is 0 Å². The largest absolute Gasteiger partial charge is 0.504 e. The summed E-state index contributed by atoms with van der Waals surface area (Å²) in [5.74, 6) is -0.540. The molecule has 4 N–H and O–H groups in total. The van der Waals surface area contributed by atoms with Crippen LogP contribution in [0.2, 0.25) is 0 Å². The molecule has 7 nitrogen and oxygen atoms in total. The van der Waals surface area contributed by atoms with Crippen LogP contribution in [0.25, 0.3) is 0 Å². The number of para-hydroxylation sites is 1. The highest BCUT2D eigenvalue weighted by molar-refractivity contribution is 5.83. The zero-order valence-electron chi connectivity index (χ0n) is 15.1. The number of carbonyl (C=O) groups excluding carboxylic acids is 1. The average Bonchev–Trinajstić information content (AvgIpc) is 2.70. The normalized spacial score (nSPS) is 15.2. The molecule has 0 atom stereocenters. The number of rotatable bonds is 6. The van der Waals surface area contributed by atoms with Crippen LogP contribution in [0.1, 0.15) is 12.0 Å². The number of anilines is 1. The Labute approximate surface area is 158 Å². The van der Waals surface area contributed by atoms with Gasteiger partial charge in [0, 0.05) is 5.69 Å². The molecule has 1 aliphatic rings. The number of hydrazone groups is 1. The second-order valence-corrected chi connectivity index (χ2v) is 6.61. The van der Waals surface area contributed by atoms with Gasteiger partial charge in [-0.05, 0) is 35.9 Å². The summed E-state index contributed by atoms with van der Waals surface area (Å²) < 4.78 is 0. The minimum absolute atomic E-state index is 0.132. The monoisotopic (exact) mass is 369 g/mol. The van der Waals surface area contributed by atoms with E-state index in [4.69, 9.17) is 0 Å². The van der Waals surface area contributed by atoms with Gasteiger partial charge in [0.2, 0.25) is 5.91 Å². The van der Waals surface area contributed by atoms with Crippen molar-refractivity contribution in [1.82, 2.24) is 5.43 Å². The van der Waals surface area contributed by atoms with Crippen molar-refractivity contribution in [1.29, 1.82) is 0 Å². The van der Waals surface area contributed by atoms with Gasteiger partial charge in [-0.3, -0.25) is 4.79 Å². The summed E-state index contributed by atoms with van der Waals surface area (Å²) >= 11 is 0. The molecule has 27 heavy (non-hydrogen) atoms. The molecule has 0 bridgehead atoms. The van der Waals surface area contributed by atoms with Crippen LogP contribution < -0.4 is 15.2 Å². The number of hydrogen-bond acceptors (Lipinski definition) is 5. The molecular formula is C20H25N4O3+. The molecule has 1 saturated heterocycles. The molecule has 0 saturated carbocycles. The van der Waals surface area contributed by atoms with E-state index in [2.05, 4.69) is 39.7 Å². The molecule has 3 rings (SSSR count). The van der Waals surface area contributed by atoms with E-state index in [0.717, 1.165) is 32.7 Å². The van der Waals surface area contributed by atoms with E-state index in [9.17, 15) is 15.0 Å². The van der Waals surface area contributed by atoms with Crippen molar-refractivity contribution >= 4 is 17.8 Å². The lowest BCUT2D eigenvalue weighted by molar-refractivity contribution is -0.900. The van der Waals surface area contributed by atoms with E-state index in [-0.39, 0.29) is 17.4 Å². The Morgan fingerprint density at radius 2 is 1.85 bits per heavy atom. The smallest absolute Gasteiger partial charge is 0.245 e. The first-order valence-corrected chi connectivity index (χ1v) is 9.09. The molecule has 2 aromatic rings. The maximum atomic E-state index is 11.9. The third-order valence-electron chi connectivity index (χ3n) is 4.70. The number of aromatic hydroxyl groups is 2. The molecule has 1 heterocycles. The number of nitrogens with one attached hydrogen (secondary N) is 2. The lowest BCUT2D eigenvalue weighted by atomic mass is 10.2. The minimum Gasteiger partial charge on any atom is -0.504 e. The number of phenols is 2. The van der Waals surface area contributed by atoms with Crippen LogP contribution >= 0.6 is 0 Å². The summed E-state index contributed by atoms with van der Waals surface area (Å²) in [6.45, 7) is 4.79. The summed E-state index contributed by atoms with van der Waals surface area (Å²) in [5.41, 5.74) is 4.35. The van der Waals surface area contributed by atoms with Gasteiger partial charge in [0.15, 0.2) is 11.5 Å². The van der Waals surface area contributed by atoms with Crippen LogP contribution in [0.5, 0.6) is 11.5 Å². The number of hydrogen-bond donors (Lipinski definition) is 4. The van der Waals surface area contributed by atoms with Gasteiger partial charge in [0.25, 0.3) is 0 Å². The highest BCUT2D eigenvalue weighted by Gasteiger charge is 2.20. The van der Waals surface area contributed by atoms with Crippen LogP contribution in [0, 0.1) is 0 Å². The number of benzene rings is 2. The fourth-order valence-electron chi connectivity index (χ4n) is 3.12. The Morgan fingerprint density at radius 1 is 1.11 bits per heavy atom. The molecule has 1 amide bonds. The molecule has 0 radical (unpaired) electrons. The molecular weight excluding hydrogens is 344 g/mol. The molecule has 142 valence electrons. The quantitative estimate of drug-likeness (QED) is 0.336. The van der Waals surface area contributed by atoms with Gasteiger partial charge in [0.05, 0.1) is 45.4 Å². The lowest BCUT2D eigenvalue weighted by Crippen LogP contribution is -3.15. The molecule has 0 aliphatic carbocycles. The van der Waals surface area contributed by atoms with Crippen LogP contribution in [-0.4, -0.2) is 55.1 Å². The Morgan fingerprint density at radius 3 is 2.56 bits per heavy atom. The number of piperazine rings is 1. The van der Waals surface area contributed by atoms with Crippen molar-refractivity contribution in [2.45, 2.75) is 6.42 Å². The van der Waals surface area contributed by atoms with Crippen LogP contribution in [0.15, 0.2) is 53.6 Å². The predicted molar refractivity (Wildman–Crippen MR) is 104 cm³/mol. The van der Waals surface area contributed by atoms with Gasteiger partial charge in [0.1, 0.15) is 0 Å². The van der Waals surface area contributed by atoms with Gasteiger partial charge >= 0.3 is 0 Å². The zero-order chi connectivity index (χ0) is 19.1. The summed E-state index contributed by atoms with van der Waals surface area (Å²) in [7, 11) is 0. The third kappa shape index (κ3) is 5.46. The minimum atomic E-state index is -0.219. The van der Waals surface area contributed by atoms with Gasteiger partial charge in [-0.2, -0.15) is 5.10 Å². The molecule has 1 fully saturated rings. The Kier molecular flexibility index (Phi) is 6.27. The van der Waals surface area contributed by atoms with E-state index >= 15 is 0 Å². The molecule has 2 aromatic carbocycles. The number of phenolic OH excluding ortho intramolecular Hbond substituents is 2. The molecule has 7 heteroatoms. The number of quaternary nitrogens is 1. The first-order valence-electron chi connectivity index (χ1n) is 9.09. The van der Waals surface area contributed by atoms with Crippen molar-refractivity contribution < 1.29 is 19.9 Å². The summed E-state index contributed by atoms with van der Waals surface area (Å²) in [6, 6.07) is 14.7. The Balaban J connectivity index is 1.37. The van der Waals surface area contributed by atoms with Crippen molar-refractivity contribution in [2.75, 3.05) is 37.6 Å². The number of amides is 1. The summed E-state index contributed by atoms with van der Waals surface area (Å²) in [5, 5.41) is 22.6. The second-order valence-electron chi connectivity index (χ2n) is 6.61. The Hall–Kier alpha value is -3.06. The lowest BCUT2D eigenvalue weighted by Gasteiger charge is -2.33. The predicted octanol–water partition coefficient (Wildman–Crippen LogP) is 0.343. The fraction of sp³-hybridized carbons (Fsp3) is 0.300. The standard InChI is InChI=1S/C20H24N4O3/c25-18-7-6-16(14-19(18)26)15-21-22-20(27)8-9-23-10-12-24(13-11-23)17-4-2-1-3-5-17/h1-7,14-15,25-26H,8-13H2,(H,22,27)/p+1/b21-15+. The van der Waals surface area contributed by atoms with E-state index in [1.54, 1.807) is 6.07 Å². The first-order chi connectivity index (χ1) is 13.1. The maximum Gasteiger partial charge on any atom is 0.245 e. The molecule has 0 unspecified atom stereocenters. The van der Waals surface area contributed by atoms with E-state index < -0.39 is 0 Å². The highest BCUT2D eigenvalue weighted by Crippen LogP contribution is 2.23. The van der Waals surface area contributed by atoms with Gasteiger partial charge < -0.3 is 20.0 Å². The second kappa shape index (κ2) is 9.05. The average molecular weight is 369 g/mol. The highest BCUT2D eigenvalue weighted by atomic mass is 16.3. The third-order valence-corrected chi connectivity index (χ3v) is 4.70. The first kappa shape index (κ1) is 18.7. The topological polar surface area (TPSA) is 89.6 Å². The van der Waals surface area contributed by atoms with Gasteiger partial charge in [-0.25, -0.2) is 5.43 Å². The maximum absolute atomic E-state index is 11.9. The van der Waals surface area contributed by atoms with Crippen molar-refractivity contribution in [3.05, 3.63) is 54.1 Å². The van der Waals surface area contributed by atoms with Crippen molar-refractivity contribution in [3.63, 3.8) is 0 Å².